The highest BCUT2D eigenvalue weighted by Crippen LogP contribution is 2.33. The molecule has 0 spiro atoms. The van der Waals surface area contributed by atoms with E-state index in [1.807, 2.05) is 0 Å². The van der Waals surface area contributed by atoms with E-state index in [4.69, 9.17) is 4.74 Å². The van der Waals surface area contributed by atoms with Gasteiger partial charge in [0.05, 0.1) is 12.7 Å². The highest BCUT2D eigenvalue weighted by atomic mass is 19.4. The second kappa shape index (κ2) is 5.79. The van der Waals surface area contributed by atoms with Crippen molar-refractivity contribution in [2.75, 3.05) is 33.3 Å². The first-order valence-electron chi connectivity index (χ1n) is 6.18. The van der Waals surface area contributed by atoms with Crippen molar-refractivity contribution in [3.8, 4) is 5.75 Å². The average molecular weight is 274 g/mol. The standard InChI is InChI=1S/C13H17F3N2O/c1-19-12-3-2-11(13(14,15)16)8-10(12)9-18-6-4-17-5-7-18/h2-3,8,17H,4-7,9H2,1H3. The Morgan fingerprint density at radius 3 is 2.53 bits per heavy atom. The van der Waals surface area contributed by atoms with E-state index < -0.39 is 11.7 Å². The van der Waals surface area contributed by atoms with Crippen molar-refractivity contribution < 1.29 is 17.9 Å². The fraction of sp³-hybridized carbons (Fsp3) is 0.538. The van der Waals surface area contributed by atoms with Crippen LogP contribution in [-0.2, 0) is 12.7 Å². The maximum atomic E-state index is 12.7. The lowest BCUT2D eigenvalue weighted by atomic mass is 10.1. The van der Waals surface area contributed by atoms with Gasteiger partial charge in [-0.3, -0.25) is 4.90 Å². The van der Waals surface area contributed by atoms with Gasteiger partial charge in [0.2, 0.25) is 0 Å². The number of alkyl halides is 3. The number of methoxy groups -OCH3 is 1. The molecule has 1 heterocycles. The van der Waals surface area contributed by atoms with Crippen LogP contribution in [0.3, 0.4) is 0 Å². The van der Waals surface area contributed by atoms with Crippen LogP contribution >= 0.6 is 0 Å². The first-order valence-corrected chi connectivity index (χ1v) is 6.18. The molecule has 1 aromatic carbocycles. The van der Waals surface area contributed by atoms with Crippen LogP contribution in [0.25, 0.3) is 0 Å². The van der Waals surface area contributed by atoms with Crippen molar-refractivity contribution in [1.29, 1.82) is 0 Å². The molecular formula is C13H17F3N2O. The number of halogens is 3. The Morgan fingerprint density at radius 2 is 1.95 bits per heavy atom. The Balaban J connectivity index is 2.20. The second-order valence-corrected chi connectivity index (χ2v) is 4.55. The van der Waals surface area contributed by atoms with Crippen molar-refractivity contribution >= 4 is 0 Å². The van der Waals surface area contributed by atoms with Gasteiger partial charge in [-0.05, 0) is 18.2 Å². The van der Waals surface area contributed by atoms with Crippen LogP contribution in [0.5, 0.6) is 5.75 Å². The molecule has 0 bridgehead atoms. The topological polar surface area (TPSA) is 24.5 Å². The molecular weight excluding hydrogens is 257 g/mol. The molecule has 3 nitrogen and oxygen atoms in total. The van der Waals surface area contributed by atoms with Crippen LogP contribution < -0.4 is 10.1 Å². The molecule has 0 aromatic heterocycles. The number of rotatable bonds is 3. The van der Waals surface area contributed by atoms with Gasteiger partial charge in [0, 0.05) is 38.3 Å². The molecule has 0 unspecified atom stereocenters. The van der Waals surface area contributed by atoms with E-state index in [1.165, 1.54) is 19.2 Å². The molecule has 0 saturated carbocycles. The number of ether oxygens (including phenoxy) is 1. The molecule has 1 aliphatic heterocycles. The maximum absolute atomic E-state index is 12.7. The van der Waals surface area contributed by atoms with Crippen molar-refractivity contribution in [2.45, 2.75) is 12.7 Å². The highest BCUT2D eigenvalue weighted by Gasteiger charge is 2.31. The minimum atomic E-state index is -4.32. The smallest absolute Gasteiger partial charge is 0.416 e. The fourth-order valence-corrected chi connectivity index (χ4v) is 2.19. The van der Waals surface area contributed by atoms with Gasteiger partial charge in [-0.1, -0.05) is 0 Å². The van der Waals surface area contributed by atoms with Crippen LogP contribution in [-0.4, -0.2) is 38.2 Å². The van der Waals surface area contributed by atoms with Crippen molar-refractivity contribution in [1.82, 2.24) is 10.2 Å². The third-order valence-electron chi connectivity index (χ3n) is 3.21. The van der Waals surface area contributed by atoms with Gasteiger partial charge in [0.1, 0.15) is 5.75 Å². The number of benzene rings is 1. The molecule has 1 N–H and O–H groups in total. The van der Waals surface area contributed by atoms with Gasteiger partial charge >= 0.3 is 6.18 Å². The van der Waals surface area contributed by atoms with Gasteiger partial charge in [0.25, 0.3) is 0 Å². The zero-order chi connectivity index (χ0) is 13.9. The van der Waals surface area contributed by atoms with Gasteiger partial charge < -0.3 is 10.1 Å². The summed E-state index contributed by atoms with van der Waals surface area (Å²) in [4.78, 5) is 2.12. The normalized spacial score (nSPS) is 17.5. The van der Waals surface area contributed by atoms with E-state index in [1.54, 1.807) is 0 Å². The van der Waals surface area contributed by atoms with Gasteiger partial charge in [0.15, 0.2) is 0 Å². The van der Waals surface area contributed by atoms with E-state index in [0.717, 1.165) is 32.2 Å². The zero-order valence-corrected chi connectivity index (χ0v) is 10.8. The molecule has 2 rings (SSSR count). The first-order chi connectivity index (χ1) is 9.00. The predicted molar refractivity (Wildman–Crippen MR) is 66.1 cm³/mol. The van der Waals surface area contributed by atoms with Crippen LogP contribution in [0.15, 0.2) is 18.2 Å². The molecule has 0 amide bonds. The lowest BCUT2D eigenvalue weighted by Gasteiger charge is -2.28. The van der Waals surface area contributed by atoms with Crippen LogP contribution in [0, 0.1) is 0 Å². The molecule has 1 aromatic rings. The fourth-order valence-electron chi connectivity index (χ4n) is 2.19. The largest absolute Gasteiger partial charge is 0.496 e. The summed E-state index contributed by atoms with van der Waals surface area (Å²) in [5.41, 5.74) is -0.0438. The summed E-state index contributed by atoms with van der Waals surface area (Å²) < 4.78 is 43.3. The van der Waals surface area contributed by atoms with E-state index in [-0.39, 0.29) is 0 Å². The Bertz CT molecular complexity index is 428. The zero-order valence-electron chi connectivity index (χ0n) is 10.8. The molecule has 1 fully saturated rings. The lowest BCUT2D eigenvalue weighted by Crippen LogP contribution is -2.42. The third-order valence-corrected chi connectivity index (χ3v) is 3.21. The predicted octanol–water partition coefficient (Wildman–Crippen LogP) is 2.12. The SMILES string of the molecule is COc1ccc(C(F)(F)F)cc1CN1CCNCC1. The Kier molecular flexibility index (Phi) is 4.31. The summed E-state index contributed by atoms with van der Waals surface area (Å²) in [6.45, 7) is 3.87. The second-order valence-electron chi connectivity index (χ2n) is 4.55. The van der Waals surface area contributed by atoms with Crippen molar-refractivity contribution in [3.63, 3.8) is 0 Å². The lowest BCUT2D eigenvalue weighted by molar-refractivity contribution is -0.137. The minimum absolute atomic E-state index is 0.481. The molecule has 0 atom stereocenters. The van der Waals surface area contributed by atoms with Gasteiger partial charge in [-0.2, -0.15) is 13.2 Å². The minimum Gasteiger partial charge on any atom is -0.496 e. The van der Waals surface area contributed by atoms with E-state index in [0.29, 0.717) is 17.9 Å². The van der Waals surface area contributed by atoms with Gasteiger partial charge in [-0.25, -0.2) is 0 Å². The molecule has 0 aliphatic carbocycles. The number of nitrogens with zero attached hydrogens (tertiary/aromatic N) is 1. The number of piperazine rings is 1. The van der Waals surface area contributed by atoms with Gasteiger partial charge in [-0.15, -0.1) is 0 Å². The molecule has 106 valence electrons. The molecule has 6 heteroatoms. The van der Waals surface area contributed by atoms with E-state index in [9.17, 15) is 13.2 Å². The summed E-state index contributed by atoms with van der Waals surface area (Å²) >= 11 is 0. The maximum Gasteiger partial charge on any atom is 0.416 e. The average Bonchev–Trinajstić information content (AvgIpc) is 2.39. The summed E-state index contributed by atoms with van der Waals surface area (Å²) in [6.07, 6.45) is -4.32. The van der Waals surface area contributed by atoms with Crippen LogP contribution in [0.2, 0.25) is 0 Å². The monoisotopic (exact) mass is 274 g/mol. The molecule has 0 radical (unpaired) electrons. The Labute approximate surface area is 110 Å². The summed E-state index contributed by atoms with van der Waals surface area (Å²) in [5.74, 6) is 0.506. The summed E-state index contributed by atoms with van der Waals surface area (Å²) in [5, 5.41) is 3.21. The van der Waals surface area contributed by atoms with E-state index in [2.05, 4.69) is 10.2 Å². The Hall–Kier alpha value is -1.27. The van der Waals surface area contributed by atoms with Crippen LogP contribution in [0.1, 0.15) is 11.1 Å². The van der Waals surface area contributed by atoms with E-state index >= 15 is 0 Å². The molecule has 1 aliphatic rings. The molecule has 1 saturated heterocycles. The number of hydrogen-bond acceptors (Lipinski definition) is 3. The quantitative estimate of drug-likeness (QED) is 0.913. The highest BCUT2D eigenvalue weighted by molar-refractivity contribution is 5.38. The Morgan fingerprint density at radius 1 is 1.26 bits per heavy atom. The van der Waals surface area contributed by atoms with Crippen molar-refractivity contribution in [2.24, 2.45) is 0 Å². The molecule has 19 heavy (non-hydrogen) atoms. The summed E-state index contributed by atoms with van der Waals surface area (Å²) in [6, 6.07) is 3.63. The number of hydrogen-bond donors (Lipinski definition) is 1. The first kappa shape index (κ1) is 14.1. The third kappa shape index (κ3) is 3.61. The summed E-state index contributed by atoms with van der Waals surface area (Å²) in [7, 11) is 1.48. The van der Waals surface area contributed by atoms with Crippen LogP contribution in [0.4, 0.5) is 13.2 Å². The number of nitrogens with one attached hydrogen (secondary N) is 1. The van der Waals surface area contributed by atoms with Crippen molar-refractivity contribution in [3.05, 3.63) is 29.3 Å².